The average Bonchev–Trinajstić information content (AvgIpc) is 2.45. The van der Waals surface area contributed by atoms with Gasteiger partial charge in [0.05, 0.1) is 5.69 Å². The van der Waals surface area contributed by atoms with E-state index in [2.05, 4.69) is 47.0 Å². The summed E-state index contributed by atoms with van der Waals surface area (Å²) < 4.78 is 7.01. The number of aromatic nitrogens is 1. The Balaban J connectivity index is 2.11. The fourth-order valence-electron chi connectivity index (χ4n) is 2.09. The van der Waals surface area contributed by atoms with Crippen molar-refractivity contribution in [3.05, 3.63) is 51.6 Å². The van der Waals surface area contributed by atoms with E-state index in [9.17, 15) is 0 Å². The Morgan fingerprint density at radius 1 is 1.19 bits per heavy atom. The highest BCUT2D eigenvalue weighted by Crippen LogP contribution is 2.28. The molecular weight excluding hydrogens is 328 g/mol. The number of nitrogens with one attached hydrogen (secondary N) is 1. The number of ether oxygens (including phenoxy) is 1. The Morgan fingerprint density at radius 3 is 2.57 bits per heavy atom. The van der Waals surface area contributed by atoms with Crippen LogP contribution in [0.25, 0.3) is 0 Å². The Morgan fingerprint density at radius 2 is 1.90 bits per heavy atom. The van der Waals surface area contributed by atoms with E-state index in [1.807, 2.05) is 30.3 Å². The molecule has 0 amide bonds. The number of aryl methyl sites for hydroxylation is 2. The Hall–Kier alpha value is -1.39. The molecule has 0 aliphatic rings. The van der Waals surface area contributed by atoms with Gasteiger partial charge in [0.1, 0.15) is 5.75 Å². The average molecular weight is 349 g/mol. The van der Waals surface area contributed by atoms with Crippen molar-refractivity contribution in [3.8, 4) is 11.6 Å². The predicted octanol–water partition coefficient (Wildman–Crippen LogP) is 4.75. The Bertz CT molecular complexity index is 590. The maximum Gasteiger partial charge on any atom is 0.219 e. The van der Waals surface area contributed by atoms with Crippen LogP contribution in [0.2, 0.25) is 0 Å². The Labute approximate surface area is 134 Å². The van der Waals surface area contributed by atoms with Crippen molar-refractivity contribution < 1.29 is 4.74 Å². The van der Waals surface area contributed by atoms with Crippen LogP contribution in [0.3, 0.4) is 0 Å². The fourth-order valence-corrected chi connectivity index (χ4v) is 2.32. The van der Waals surface area contributed by atoms with Crippen LogP contribution >= 0.6 is 15.9 Å². The quantitative estimate of drug-likeness (QED) is 0.764. The minimum absolute atomic E-state index is 0.631. The topological polar surface area (TPSA) is 34.1 Å². The maximum atomic E-state index is 5.88. The molecule has 0 bridgehead atoms. The third-order valence-electron chi connectivity index (χ3n) is 3.15. The summed E-state index contributed by atoms with van der Waals surface area (Å²) in [5.41, 5.74) is 3.31. The van der Waals surface area contributed by atoms with Gasteiger partial charge in [-0.1, -0.05) is 28.9 Å². The van der Waals surface area contributed by atoms with E-state index >= 15 is 0 Å². The van der Waals surface area contributed by atoms with Crippen molar-refractivity contribution in [1.29, 1.82) is 0 Å². The molecule has 4 heteroatoms. The molecule has 0 unspecified atom stereocenters. The SMILES string of the molecule is CCCNCc1cccc(Oc2cc(C)c(Br)c(C)c2)n1. The lowest BCUT2D eigenvalue weighted by atomic mass is 10.1. The maximum absolute atomic E-state index is 5.88. The molecule has 0 spiro atoms. The molecule has 1 aromatic carbocycles. The van der Waals surface area contributed by atoms with Gasteiger partial charge in [-0.25, -0.2) is 4.98 Å². The van der Waals surface area contributed by atoms with Crippen molar-refractivity contribution in [2.24, 2.45) is 0 Å². The lowest BCUT2D eigenvalue weighted by molar-refractivity contribution is 0.458. The molecule has 1 N–H and O–H groups in total. The number of hydrogen-bond donors (Lipinski definition) is 1. The zero-order valence-electron chi connectivity index (χ0n) is 12.7. The minimum Gasteiger partial charge on any atom is -0.439 e. The smallest absolute Gasteiger partial charge is 0.219 e. The predicted molar refractivity (Wildman–Crippen MR) is 89.9 cm³/mol. The van der Waals surface area contributed by atoms with Crippen LogP contribution in [0.5, 0.6) is 11.6 Å². The minimum atomic E-state index is 0.631. The number of nitrogens with zero attached hydrogens (tertiary/aromatic N) is 1. The van der Waals surface area contributed by atoms with Gasteiger partial charge in [0.15, 0.2) is 0 Å². The fraction of sp³-hybridized carbons (Fsp3) is 0.353. The summed E-state index contributed by atoms with van der Waals surface area (Å²) in [4.78, 5) is 4.53. The van der Waals surface area contributed by atoms with E-state index in [4.69, 9.17) is 4.74 Å². The lowest BCUT2D eigenvalue weighted by Gasteiger charge is -2.10. The van der Waals surface area contributed by atoms with Crippen LogP contribution in [-0.4, -0.2) is 11.5 Å². The lowest BCUT2D eigenvalue weighted by Crippen LogP contribution is -2.14. The number of benzene rings is 1. The summed E-state index contributed by atoms with van der Waals surface area (Å²) in [7, 11) is 0. The molecule has 0 saturated heterocycles. The van der Waals surface area contributed by atoms with Crippen molar-refractivity contribution in [3.63, 3.8) is 0 Å². The van der Waals surface area contributed by atoms with Gasteiger partial charge >= 0.3 is 0 Å². The van der Waals surface area contributed by atoms with Gasteiger partial charge in [-0.3, -0.25) is 0 Å². The van der Waals surface area contributed by atoms with Gasteiger partial charge in [-0.2, -0.15) is 0 Å². The van der Waals surface area contributed by atoms with Gasteiger partial charge in [0.2, 0.25) is 5.88 Å². The molecule has 112 valence electrons. The van der Waals surface area contributed by atoms with Crippen LogP contribution in [0.1, 0.15) is 30.2 Å². The summed E-state index contributed by atoms with van der Waals surface area (Å²) in [5.74, 6) is 1.45. The molecule has 3 nitrogen and oxygen atoms in total. The van der Waals surface area contributed by atoms with E-state index in [1.54, 1.807) is 0 Å². The number of halogens is 1. The van der Waals surface area contributed by atoms with Crippen LogP contribution in [0, 0.1) is 13.8 Å². The molecule has 0 aliphatic heterocycles. The van der Waals surface area contributed by atoms with Crippen LogP contribution in [0.4, 0.5) is 0 Å². The number of hydrogen-bond acceptors (Lipinski definition) is 3. The zero-order chi connectivity index (χ0) is 15.2. The summed E-state index contributed by atoms with van der Waals surface area (Å²) in [6, 6.07) is 9.90. The van der Waals surface area contributed by atoms with E-state index in [0.717, 1.165) is 46.6 Å². The van der Waals surface area contributed by atoms with Crippen molar-refractivity contribution in [2.75, 3.05) is 6.54 Å². The second-order valence-electron chi connectivity index (χ2n) is 5.12. The van der Waals surface area contributed by atoms with E-state index < -0.39 is 0 Å². The second-order valence-corrected chi connectivity index (χ2v) is 5.91. The van der Waals surface area contributed by atoms with Gasteiger partial charge in [0.25, 0.3) is 0 Å². The molecule has 1 aromatic heterocycles. The third-order valence-corrected chi connectivity index (χ3v) is 4.40. The van der Waals surface area contributed by atoms with Gasteiger partial charge < -0.3 is 10.1 Å². The molecule has 21 heavy (non-hydrogen) atoms. The summed E-state index contributed by atoms with van der Waals surface area (Å²) in [6.45, 7) is 8.03. The standard InChI is InChI=1S/C17H21BrN2O/c1-4-8-19-11-14-6-5-7-16(20-14)21-15-9-12(2)17(18)13(3)10-15/h5-7,9-10,19H,4,8,11H2,1-3H3. The van der Waals surface area contributed by atoms with Crippen molar-refractivity contribution >= 4 is 15.9 Å². The largest absolute Gasteiger partial charge is 0.439 e. The number of rotatable bonds is 6. The molecule has 1 heterocycles. The van der Waals surface area contributed by atoms with Crippen LogP contribution < -0.4 is 10.1 Å². The summed E-state index contributed by atoms with van der Waals surface area (Å²) >= 11 is 3.57. The molecule has 0 saturated carbocycles. The van der Waals surface area contributed by atoms with Crippen LogP contribution in [-0.2, 0) is 6.54 Å². The normalized spacial score (nSPS) is 10.7. The van der Waals surface area contributed by atoms with Gasteiger partial charge in [-0.15, -0.1) is 0 Å². The highest BCUT2D eigenvalue weighted by Gasteiger charge is 2.05. The van der Waals surface area contributed by atoms with Crippen LogP contribution in [0.15, 0.2) is 34.8 Å². The molecule has 2 rings (SSSR count). The molecule has 2 aromatic rings. The second kappa shape index (κ2) is 7.57. The molecule has 0 atom stereocenters. The monoisotopic (exact) mass is 348 g/mol. The van der Waals surface area contributed by atoms with Gasteiger partial charge in [0, 0.05) is 17.1 Å². The van der Waals surface area contributed by atoms with E-state index in [0.29, 0.717) is 5.88 Å². The van der Waals surface area contributed by atoms with E-state index in [1.165, 1.54) is 0 Å². The van der Waals surface area contributed by atoms with Crippen molar-refractivity contribution in [1.82, 2.24) is 10.3 Å². The highest BCUT2D eigenvalue weighted by atomic mass is 79.9. The highest BCUT2D eigenvalue weighted by molar-refractivity contribution is 9.10. The summed E-state index contributed by atoms with van der Waals surface area (Å²) in [6.07, 6.45) is 1.12. The first-order chi connectivity index (χ1) is 10.1. The first kappa shape index (κ1) is 16.0. The molecule has 0 fully saturated rings. The molecule has 0 radical (unpaired) electrons. The van der Waals surface area contributed by atoms with Crippen molar-refractivity contribution in [2.45, 2.75) is 33.7 Å². The third kappa shape index (κ3) is 4.55. The molecular formula is C17H21BrN2O. The van der Waals surface area contributed by atoms with Gasteiger partial charge in [-0.05, 0) is 56.1 Å². The van der Waals surface area contributed by atoms with E-state index in [-0.39, 0.29) is 0 Å². The first-order valence-electron chi connectivity index (χ1n) is 7.21. The summed E-state index contributed by atoms with van der Waals surface area (Å²) in [5, 5.41) is 3.34. The first-order valence-corrected chi connectivity index (χ1v) is 8.00. The number of pyridine rings is 1. The zero-order valence-corrected chi connectivity index (χ0v) is 14.3. The molecule has 0 aliphatic carbocycles. The Kier molecular flexibility index (Phi) is 5.76.